The van der Waals surface area contributed by atoms with Gasteiger partial charge in [0.1, 0.15) is 5.75 Å². The van der Waals surface area contributed by atoms with E-state index < -0.39 is 0 Å². The fraction of sp³-hybridized carbons (Fsp3) is 0.542. The summed E-state index contributed by atoms with van der Waals surface area (Å²) in [5, 5.41) is 0.628. The number of aryl methyl sites for hydroxylation is 1. The topological polar surface area (TPSA) is 35.0 Å². The Morgan fingerprint density at radius 3 is 2.50 bits per heavy atom. The molecule has 1 aliphatic carbocycles. The molecule has 1 aromatic carbocycles. The molecule has 1 saturated carbocycles. The van der Waals surface area contributed by atoms with Crippen molar-refractivity contribution in [2.24, 2.45) is 5.92 Å². The van der Waals surface area contributed by atoms with Crippen molar-refractivity contribution in [1.82, 2.24) is 9.97 Å². The zero-order valence-electron chi connectivity index (χ0n) is 17.0. The van der Waals surface area contributed by atoms with Gasteiger partial charge in [-0.1, -0.05) is 44.2 Å². The highest BCUT2D eigenvalue weighted by Gasteiger charge is 2.15. The Morgan fingerprint density at radius 1 is 1.04 bits per heavy atom. The number of hydrogen-bond donors (Lipinski definition) is 0. The second-order valence-corrected chi connectivity index (χ2v) is 8.25. The van der Waals surface area contributed by atoms with Gasteiger partial charge in [0, 0.05) is 18.0 Å². The number of aromatic nitrogens is 2. The summed E-state index contributed by atoms with van der Waals surface area (Å²) in [7, 11) is 0. The van der Waals surface area contributed by atoms with Gasteiger partial charge in [-0.05, 0) is 74.6 Å². The quantitative estimate of drug-likeness (QED) is 0.400. The molecule has 1 heterocycles. The molecule has 0 spiro atoms. The van der Waals surface area contributed by atoms with Crippen molar-refractivity contribution in [3.05, 3.63) is 47.6 Å². The first-order valence-corrected chi connectivity index (χ1v) is 11.2. The second-order valence-electron chi connectivity index (χ2n) is 7.84. The van der Waals surface area contributed by atoms with E-state index in [1.54, 1.807) is 0 Å². The van der Waals surface area contributed by atoms with Crippen LogP contribution in [0.1, 0.15) is 70.3 Å². The Bertz CT molecular complexity index is 711. The second kappa shape index (κ2) is 11.4. The molecule has 2 aromatic rings. The van der Waals surface area contributed by atoms with Crippen LogP contribution in [0.2, 0.25) is 5.02 Å². The normalized spacial score (nSPS) is 14.9. The minimum atomic E-state index is 0.628. The molecule has 0 saturated heterocycles. The van der Waals surface area contributed by atoms with E-state index in [1.165, 1.54) is 63.4 Å². The van der Waals surface area contributed by atoms with Gasteiger partial charge in [0.2, 0.25) is 0 Å². The van der Waals surface area contributed by atoms with Crippen LogP contribution in [0.15, 0.2) is 30.6 Å². The van der Waals surface area contributed by atoms with E-state index in [4.69, 9.17) is 16.3 Å². The summed E-state index contributed by atoms with van der Waals surface area (Å²) >= 11 is 6.45. The Kier molecular flexibility index (Phi) is 8.60. The third kappa shape index (κ3) is 6.48. The van der Waals surface area contributed by atoms with E-state index in [2.05, 4.69) is 23.3 Å². The Hall–Kier alpha value is -1.61. The zero-order chi connectivity index (χ0) is 19.6. The predicted molar refractivity (Wildman–Crippen MR) is 117 cm³/mol. The van der Waals surface area contributed by atoms with Crippen LogP contribution in [0.5, 0.6) is 5.75 Å². The predicted octanol–water partition coefficient (Wildman–Crippen LogP) is 7.08. The summed E-state index contributed by atoms with van der Waals surface area (Å²) in [4.78, 5) is 9.08. The van der Waals surface area contributed by atoms with Gasteiger partial charge >= 0.3 is 0 Å². The molecule has 1 radical (unpaired) electrons. The number of hydrogen-bond acceptors (Lipinski definition) is 3. The third-order valence-electron chi connectivity index (χ3n) is 5.50. The summed E-state index contributed by atoms with van der Waals surface area (Å²) < 4.78 is 5.97. The molecular formula is C24H32ClN2O. The first-order valence-electron chi connectivity index (χ1n) is 10.8. The van der Waals surface area contributed by atoms with Crippen LogP contribution in [0.3, 0.4) is 0 Å². The van der Waals surface area contributed by atoms with Crippen LogP contribution < -0.4 is 4.74 Å². The van der Waals surface area contributed by atoms with Crippen molar-refractivity contribution >= 4 is 11.6 Å². The molecule has 3 nitrogen and oxygen atoms in total. The van der Waals surface area contributed by atoms with Crippen LogP contribution in [-0.4, -0.2) is 16.6 Å². The van der Waals surface area contributed by atoms with E-state index in [9.17, 15) is 0 Å². The van der Waals surface area contributed by atoms with E-state index in [-0.39, 0.29) is 0 Å². The van der Waals surface area contributed by atoms with Crippen molar-refractivity contribution in [2.75, 3.05) is 6.61 Å². The minimum absolute atomic E-state index is 0.628. The molecule has 1 aliphatic rings. The molecule has 0 aliphatic heterocycles. The maximum absolute atomic E-state index is 6.45. The summed E-state index contributed by atoms with van der Waals surface area (Å²) in [5.74, 6) is 2.10. The molecule has 0 unspecified atom stereocenters. The van der Waals surface area contributed by atoms with Crippen LogP contribution in [-0.2, 0) is 6.42 Å². The fourth-order valence-corrected chi connectivity index (χ4v) is 3.93. The van der Waals surface area contributed by atoms with Crippen molar-refractivity contribution < 1.29 is 4.74 Å². The van der Waals surface area contributed by atoms with Crippen LogP contribution in [0.4, 0.5) is 0 Å². The lowest BCUT2D eigenvalue weighted by molar-refractivity contribution is 0.221. The van der Waals surface area contributed by atoms with Crippen molar-refractivity contribution in [1.29, 1.82) is 0 Å². The highest BCUT2D eigenvalue weighted by molar-refractivity contribution is 6.32. The Morgan fingerprint density at radius 2 is 1.79 bits per heavy atom. The van der Waals surface area contributed by atoms with Gasteiger partial charge in [0.25, 0.3) is 0 Å². The highest BCUT2D eigenvalue weighted by Crippen LogP contribution is 2.31. The van der Waals surface area contributed by atoms with Gasteiger partial charge < -0.3 is 4.74 Å². The van der Waals surface area contributed by atoms with Crippen molar-refractivity contribution in [3.63, 3.8) is 0 Å². The van der Waals surface area contributed by atoms with Gasteiger partial charge in [-0.25, -0.2) is 9.97 Å². The maximum atomic E-state index is 6.45. The minimum Gasteiger partial charge on any atom is -0.492 e. The van der Waals surface area contributed by atoms with Crippen molar-refractivity contribution in [3.8, 4) is 17.1 Å². The van der Waals surface area contributed by atoms with Gasteiger partial charge in [-0.2, -0.15) is 0 Å². The highest BCUT2D eigenvalue weighted by atomic mass is 35.5. The Balaban J connectivity index is 1.52. The lowest BCUT2D eigenvalue weighted by Crippen LogP contribution is -2.15. The van der Waals surface area contributed by atoms with Gasteiger partial charge in [-0.3, -0.25) is 0 Å². The lowest BCUT2D eigenvalue weighted by Gasteiger charge is -2.21. The first-order chi connectivity index (χ1) is 13.8. The molecule has 3 rings (SSSR count). The summed E-state index contributed by atoms with van der Waals surface area (Å²) in [6.45, 7) is 2.99. The smallest absolute Gasteiger partial charge is 0.159 e. The van der Waals surface area contributed by atoms with Crippen LogP contribution >= 0.6 is 11.6 Å². The third-order valence-corrected chi connectivity index (χ3v) is 5.79. The summed E-state index contributed by atoms with van der Waals surface area (Å²) in [5.41, 5.74) is 2.13. The van der Waals surface area contributed by atoms with Gasteiger partial charge in [-0.15, -0.1) is 0 Å². The first kappa shape index (κ1) is 21.1. The number of rotatable bonds is 10. The summed E-state index contributed by atoms with van der Waals surface area (Å²) in [6.07, 6.45) is 18.6. The standard InChI is InChI=1S/C24H32ClN2O/c1-2-3-4-5-7-12-20-16-26-24(27-17-20)21-13-14-23(22(25)15-21)28-18-19-10-8-6-9-11-19/h6,13-17,19H,2-5,7-12,18H2,1H3. The molecule has 0 atom stereocenters. The molecule has 1 aromatic heterocycles. The Labute approximate surface area is 174 Å². The molecule has 0 amide bonds. The molecule has 1 fully saturated rings. The molecule has 0 N–H and O–H groups in total. The van der Waals surface area contributed by atoms with Gasteiger partial charge in [0.15, 0.2) is 5.82 Å². The number of ether oxygens (including phenoxy) is 1. The monoisotopic (exact) mass is 399 g/mol. The van der Waals surface area contributed by atoms with Crippen molar-refractivity contribution in [2.45, 2.75) is 71.1 Å². The fourth-order valence-electron chi connectivity index (χ4n) is 3.69. The van der Waals surface area contributed by atoms with E-state index in [0.717, 1.165) is 24.3 Å². The molecule has 28 heavy (non-hydrogen) atoms. The SMILES string of the molecule is CCCCCCCc1cnc(-c2ccc(OCC3CC[CH]CC3)c(Cl)c2)nc1. The van der Waals surface area contributed by atoms with E-state index in [0.29, 0.717) is 16.8 Å². The average molecular weight is 400 g/mol. The largest absolute Gasteiger partial charge is 0.492 e. The molecule has 4 heteroatoms. The lowest BCUT2D eigenvalue weighted by atomic mass is 9.90. The molecular weight excluding hydrogens is 368 g/mol. The van der Waals surface area contributed by atoms with Crippen LogP contribution in [0, 0.1) is 12.3 Å². The summed E-state index contributed by atoms with van der Waals surface area (Å²) in [6, 6.07) is 5.85. The molecule has 151 valence electrons. The van der Waals surface area contributed by atoms with Crippen LogP contribution in [0.25, 0.3) is 11.4 Å². The number of nitrogens with zero attached hydrogens (tertiary/aromatic N) is 2. The number of halogens is 1. The maximum Gasteiger partial charge on any atom is 0.159 e. The van der Waals surface area contributed by atoms with Gasteiger partial charge in [0.05, 0.1) is 11.6 Å². The van der Waals surface area contributed by atoms with E-state index >= 15 is 0 Å². The number of benzene rings is 1. The zero-order valence-corrected chi connectivity index (χ0v) is 17.8. The molecule has 0 bridgehead atoms. The van der Waals surface area contributed by atoms with E-state index in [1.807, 2.05) is 30.6 Å². The number of unbranched alkanes of at least 4 members (excludes halogenated alkanes) is 4. The average Bonchev–Trinajstić information content (AvgIpc) is 2.74.